The van der Waals surface area contributed by atoms with Crippen molar-refractivity contribution < 1.29 is 19.1 Å². The van der Waals surface area contributed by atoms with Crippen LogP contribution < -0.4 is 19.7 Å². The molecule has 0 aromatic heterocycles. The van der Waals surface area contributed by atoms with Crippen LogP contribution in [-0.4, -0.2) is 18.6 Å². The van der Waals surface area contributed by atoms with Gasteiger partial charge in [0.05, 0.1) is 13.0 Å². The van der Waals surface area contributed by atoms with Crippen molar-refractivity contribution in [3.8, 4) is 11.5 Å². The number of hydrogen-bond donors (Lipinski definition) is 1. The van der Waals surface area contributed by atoms with Crippen LogP contribution in [0.4, 0.5) is 5.69 Å². The predicted octanol–water partition coefficient (Wildman–Crippen LogP) is 5.74. The van der Waals surface area contributed by atoms with E-state index in [0.29, 0.717) is 30.2 Å². The highest BCUT2D eigenvalue weighted by atomic mass is 16.7. The Morgan fingerprint density at radius 1 is 0.763 bits per heavy atom. The maximum Gasteiger partial charge on any atom is 0.258 e. The Kier molecular flexibility index (Phi) is 7.40. The Labute approximate surface area is 222 Å². The molecule has 6 heteroatoms. The fraction of sp³-hybridized carbons (Fsp3) is 0.188. The molecule has 0 aliphatic carbocycles. The van der Waals surface area contributed by atoms with E-state index >= 15 is 0 Å². The van der Waals surface area contributed by atoms with Crippen LogP contribution in [0.15, 0.2) is 91.0 Å². The smallest absolute Gasteiger partial charge is 0.258 e. The molecule has 0 saturated carbocycles. The maximum absolute atomic E-state index is 13.8. The van der Waals surface area contributed by atoms with Gasteiger partial charge in [-0.2, -0.15) is 0 Å². The number of nitrogens with one attached hydrogen (secondary N) is 1. The summed E-state index contributed by atoms with van der Waals surface area (Å²) in [4.78, 5) is 28.2. The monoisotopic (exact) mass is 506 g/mol. The van der Waals surface area contributed by atoms with E-state index in [1.165, 1.54) is 0 Å². The van der Waals surface area contributed by atoms with Crippen molar-refractivity contribution in [1.29, 1.82) is 0 Å². The van der Waals surface area contributed by atoms with Crippen LogP contribution in [0, 0.1) is 13.8 Å². The Balaban J connectivity index is 1.36. The van der Waals surface area contributed by atoms with Gasteiger partial charge in [0, 0.05) is 17.8 Å². The molecule has 0 unspecified atom stereocenters. The number of fused-ring (bicyclic) bond motifs is 1. The number of anilines is 1. The Morgan fingerprint density at radius 2 is 1.53 bits per heavy atom. The zero-order valence-corrected chi connectivity index (χ0v) is 21.6. The maximum atomic E-state index is 13.8. The molecular weight excluding hydrogens is 476 g/mol. The van der Waals surface area contributed by atoms with Gasteiger partial charge in [0.1, 0.15) is 0 Å². The summed E-state index contributed by atoms with van der Waals surface area (Å²) in [6.45, 7) is 5.07. The molecule has 4 aromatic carbocycles. The first-order valence-corrected chi connectivity index (χ1v) is 12.6. The zero-order valence-electron chi connectivity index (χ0n) is 21.6. The van der Waals surface area contributed by atoms with Gasteiger partial charge in [0.15, 0.2) is 11.5 Å². The molecule has 1 aliphatic heterocycles. The lowest BCUT2D eigenvalue weighted by atomic mass is 10.1. The van der Waals surface area contributed by atoms with Crippen molar-refractivity contribution in [2.24, 2.45) is 0 Å². The van der Waals surface area contributed by atoms with Crippen molar-refractivity contribution in [3.05, 3.63) is 124 Å². The molecule has 0 atom stereocenters. The molecule has 0 radical (unpaired) electrons. The lowest BCUT2D eigenvalue weighted by Gasteiger charge is -2.24. The van der Waals surface area contributed by atoms with E-state index in [1.54, 1.807) is 23.1 Å². The highest BCUT2D eigenvalue weighted by molar-refractivity contribution is 6.06. The van der Waals surface area contributed by atoms with Crippen LogP contribution in [0.1, 0.15) is 38.2 Å². The van der Waals surface area contributed by atoms with Crippen LogP contribution in [0.2, 0.25) is 0 Å². The minimum Gasteiger partial charge on any atom is -0.454 e. The first-order chi connectivity index (χ1) is 18.4. The molecule has 38 heavy (non-hydrogen) atoms. The van der Waals surface area contributed by atoms with Crippen molar-refractivity contribution in [2.45, 2.75) is 33.4 Å². The standard InChI is InChI=1S/C32H30N2O4/c1-22-9-11-24(12-10-22)20-34(32(36)27-13-14-29-30(18-27)38-21-37-29)28-8-4-6-25(16-28)17-31(35)33-19-26-7-3-5-23(2)15-26/h3-16,18H,17,19-21H2,1-2H3,(H,33,35). The van der Waals surface area contributed by atoms with E-state index in [1.807, 2.05) is 80.6 Å². The van der Waals surface area contributed by atoms with Crippen molar-refractivity contribution in [3.63, 3.8) is 0 Å². The predicted molar refractivity (Wildman–Crippen MR) is 147 cm³/mol. The largest absolute Gasteiger partial charge is 0.454 e. The average Bonchev–Trinajstić information content (AvgIpc) is 3.40. The van der Waals surface area contributed by atoms with Crippen LogP contribution in [-0.2, 0) is 24.3 Å². The van der Waals surface area contributed by atoms with Crippen LogP contribution in [0.3, 0.4) is 0 Å². The first-order valence-electron chi connectivity index (χ1n) is 12.6. The van der Waals surface area contributed by atoms with Crippen LogP contribution >= 0.6 is 0 Å². The second-order valence-electron chi connectivity index (χ2n) is 9.56. The molecule has 0 saturated heterocycles. The van der Waals surface area contributed by atoms with Gasteiger partial charge < -0.3 is 19.7 Å². The number of benzene rings is 4. The lowest BCUT2D eigenvalue weighted by Crippen LogP contribution is -2.30. The summed E-state index contributed by atoms with van der Waals surface area (Å²) >= 11 is 0. The van der Waals surface area contributed by atoms with Crippen molar-refractivity contribution in [1.82, 2.24) is 5.32 Å². The Hall–Kier alpha value is -4.58. The fourth-order valence-corrected chi connectivity index (χ4v) is 4.45. The number of ether oxygens (including phenoxy) is 2. The molecule has 1 heterocycles. The highest BCUT2D eigenvalue weighted by Gasteiger charge is 2.22. The molecular formula is C32H30N2O4. The summed E-state index contributed by atoms with van der Waals surface area (Å²) in [5.41, 5.74) is 6.43. The third-order valence-corrected chi connectivity index (χ3v) is 6.49. The Bertz CT molecular complexity index is 1460. The van der Waals surface area contributed by atoms with Crippen molar-refractivity contribution in [2.75, 3.05) is 11.7 Å². The normalized spacial score (nSPS) is 11.7. The fourth-order valence-electron chi connectivity index (χ4n) is 4.45. The van der Waals surface area contributed by atoms with Gasteiger partial charge in [-0.3, -0.25) is 9.59 Å². The average molecular weight is 507 g/mol. The highest BCUT2D eigenvalue weighted by Crippen LogP contribution is 2.33. The first kappa shape index (κ1) is 25.1. The molecule has 1 N–H and O–H groups in total. The minimum absolute atomic E-state index is 0.0733. The molecule has 0 spiro atoms. The molecule has 6 nitrogen and oxygen atoms in total. The minimum atomic E-state index is -0.162. The Morgan fingerprint density at radius 3 is 2.34 bits per heavy atom. The molecule has 0 bridgehead atoms. The molecule has 192 valence electrons. The van der Waals surface area contributed by atoms with Gasteiger partial charge >= 0.3 is 0 Å². The van der Waals surface area contributed by atoms with E-state index in [0.717, 1.165) is 33.5 Å². The van der Waals surface area contributed by atoms with Gasteiger partial charge in [0.25, 0.3) is 5.91 Å². The molecule has 0 fully saturated rings. The summed E-state index contributed by atoms with van der Waals surface area (Å²) in [6, 6.07) is 29.0. The number of rotatable bonds is 8. The van der Waals surface area contributed by atoms with Crippen LogP contribution in [0.25, 0.3) is 0 Å². The SMILES string of the molecule is Cc1ccc(CN(C(=O)c2ccc3c(c2)OCO3)c2cccc(CC(=O)NCc3cccc(C)c3)c2)cc1. The molecule has 2 amide bonds. The second-order valence-corrected chi connectivity index (χ2v) is 9.56. The number of hydrogen-bond acceptors (Lipinski definition) is 4. The van der Waals surface area contributed by atoms with E-state index in [2.05, 4.69) is 11.4 Å². The van der Waals surface area contributed by atoms with Crippen LogP contribution in [0.5, 0.6) is 11.5 Å². The van der Waals surface area contributed by atoms with E-state index < -0.39 is 0 Å². The van der Waals surface area contributed by atoms with Gasteiger partial charge in [-0.05, 0) is 60.9 Å². The summed E-state index contributed by atoms with van der Waals surface area (Å²) in [5.74, 6) is 0.955. The van der Waals surface area contributed by atoms with E-state index in [4.69, 9.17) is 9.47 Å². The number of nitrogens with zero attached hydrogens (tertiary/aromatic N) is 1. The number of carbonyl (C=O) groups is 2. The second kappa shape index (κ2) is 11.2. The van der Waals surface area contributed by atoms with E-state index in [9.17, 15) is 9.59 Å². The summed E-state index contributed by atoms with van der Waals surface area (Å²) < 4.78 is 10.9. The zero-order chi connectivity index (χ0) is 26.5. The third-order valence-electron chi connectivity index (χ3n) is 6.49. The van der Waals surface area contributed by atoms with Gasteiger partial charge in [0.2, 0.25) is 12.7 Å². The number of amides is 2. The lowest BCUT2D eigenvalue weighted by molar-refractivity contribution is -0.120. The van der Waals surface area contributed by atoms with Gasteiger partial charge in [-0.1, -0.05) is 71.8 Å². The van der Waals surface area contributed by atoms with Gasteiger partial charge in [-0.15, -0.1) is 0 Å². The molecule has 1 aliphatic rings. The molecule has 5 rings (SSSR count). The number of aryl methyl sites for hydroxylation is 2. The quantitative estimate of drug-likeness (QED) is 0.331. The summed E-state index contributed by atoms with van der Waals surface area (Å²) in [5, 5.41) is 3.00. The number of carbonyl (C=O) groups excluding carboxylic acids is 2. The van der Waals surface area contributed by atoms with Crippen molar-refractivity contribution >= 4 is 17.5 Å². The summed E-state index contributed by atoms with van der Waals surface area (Å²) in [7, 11) is 0. The van der Waals surface area contributed by atoms with Gasteiger partial charge in [-0.25, -0.2) is 0 Å². The summed E-state index contributed by atoms with van der Waals surface area (Å²) in [6.07, 6.45) is 0.218. The topological polar surface area (TPSA) is 67.9 Å². The third kappa shape index (κ3) is 6.03. The molecule has 4 aromatic rings. The van der Waals surface area contributed by atoms with E-state index in [-0.39, 0.29) is 25.0 Å².